The average Bonchev–Trinajstić information content (AvgIpc) is 2.90. The predicted octanol–water partition coefficient (Wildman–Crippen LogP) is 6.77. The topological polar surface area (TPSA) is 84.5 Å². The average molecular weight is 543 g/mol. The molecule has 40 heavy (non-hydrogen) atoms. The highest BCUT2D eigenvalue weighted by Crippen LogP contribution is 2.37. The van der Waals surface area contributed by atoms with Gasteiger partial charge in [-0.25, -0.2) is 4.79 Å². The molecule has 0 spiro atoms. The van der Waals surface area contributed by atoms with Crippen LogP contribution >= 0.6 is 0 Å². The molecule has 2 N–H and O–H groups in total. The Hall–Kier alpha value is -3.93. The van der Waals surface area contributed by atoms with E-state index >= 15 is 0 Å². The molecule has 0 aliphatic rings. The first-order valence-corrected chi connectivity index (χ1v) is 13.8. The van der Waals surface area contributed by atoms with Crippen LogP contribution in [-0.4, -0.2) is 29.4 Å². The first kappa shape index (κ1) is 30.6. The van der Waals surface area contributed by atoms with Crippen LogP contribution in [0.2, 0.25) is 0 Å². The number of carbonyl (C=O) groups is 3. The summed E-state index contributed by atoms with van der Waals surface area (Å²) in [5.41, 5.74) is 0.780. The molecule has 0 saturated heterocycles. The summed E-state index contributed by atoms with van der Waals surface area (Å²) in [4.78, 5) is 39.9. The van der Waals surface area contributed by atoms with Gasteiger partial charge < -0.3 is 15.4 Å². The molecule has 0 fully saturated rings. The molecule has 0 saturated carbocycles. The number of carbonyl (C=O) groups excluding carboxylic acids is 3. The van der Waals surface area contributed by atoms with Crippen molar-refractivity contribution in [3.63, 3.8) is 0 Å². The second-order valence-corrected chi connectivity index (χ2v) is 12.3. The summed E-state index contributed by atoms with van der Waals surface area (Å²) in [6.07, 6.45) is -0.0912. The van der Waals surface area contributed by atoms with E-state index in [0.717, 1.165) is 16.7 Å². The highest BCUT2D eigenvalue weighted by Gasteiger charge is 2.39. The molecule has 0 bridgehead atoms. The van der Waals surface area contributed by atoms with Crippen LogP contribution in [0.1, 0.15) is 77.5 Å². The van der Waals surface area contributed by atoms with E-state index < -0.39 is 23.3 Å². The number of hydrogen-bond acceptors (Lipinski definition) is 4. The zero-order valence-electron chi connectivity index (χ0n) is 24.5. The highest BCUT2D eigenvalue weighted by atomic mass is 16.6. The van der Waals surface area contributed by atoms with Gasteiger partial charge in [-0.05, 0) is 49.3 Å². The summed E-state index contributed by atoms with van der Waals surface area (Å²) in [6, 6.07) is 28.2. The first-order valence-electron chi connectivity index (χ1n) is 13.8. The quantitative estimate of drug-likeness (QED) is 0.277. The Bertz CT molecular complexity index is 1160. The number of ketones is 1. The Morgan fingerprint density at radius 2 is 1.12 bits per heavy atom. The van der Waals surface area contributed by atoms with Crippen LogP contribution in [0.5, 0.6) is 0 Å². The summed E-state index contributed by atoms with van der Waals surface area (Å²) in [6.45, 7) is 11.4. The highest BCUT2D eigenvalue weighted by molar-refractivity contribution is 5.92. The third kappa shape index (κ3) is 8.54. The molecule has 0 aliphatic carbocycles. The third-order valence-electron chi connectivity index (χ3n) is 6.54. The van der Waals surface area contributed by atoms with Gasteiger partial charge in [-0.3, -0.25) is 9.59 Å². The molecule has 6 nitrogen and oxygen atoms in total. The van der Waals surface area contributed by atoms with Crippen molar-refractivity contribution >= 4 is 17.8 Å². The maximum absolute atomic E-state index is 13.9. The van der Waals surface area contributed by atoms with Crippen molar-refractivity contribution in [1.29, 1.82) is 0 Å². The standard InChI is InChI=1S/C34H42N2O4/c1-32(2,3)23-22-29(37)28(35-31(39)40-33(4,5)6)24-30(38)36-34(25-16-10-7-11-17-25,26-18-12-8-13-19-26)27-20-14-9-15-21-27/h7-21,28H,22-24H2,1-6H3,(H,35,39)(H,36,38)/t28-/m1/s1. The lowest BCUT2D eigenvalue weighted by atomic mass is 9.76. The molecular weight excluding hydrogens is 500 g/mol. The van der Waals surface area contributed by atoms with E-state index in [2.05, 4.69) is 31.4 Å². The van der Waals surface area contributed by atoms with E-state index in [0.29, 0.717) is 6.42 Å². The Balaban J connectivity index is 2.00. The van der Waals surface area contributed by atoms with Gasteiger partial charge in [0.2, 0.25) is 5.91 Å². The van der Waals surface area contributed by atoms with Gasteiger partial charge in [-0.1, -0.05) is 112 Å². The molecule has 3 rings (SSSR count). The molecule has 0 heterocycles. The van der Waals surface area contributed by atoms with Gasteiger partial charge in [0.1, 0.15) is 11.1 Å². The Morgan fingerprint density at radius 1 is 0.700 bits per heavy atom. The largest absolute Gasteiger partial charge is 0.444 e. The number of nitrogens with one attached hydrogen (secondary N) is 2. The lowest BCUT2D eigenvalue weighted by Gasteiger charge is -2.37. The van der Waals surface area contributed by atoms with Gasteiger partial charge in [0.15, 0.2) is 5.78 Å². The number of alkyl carbamates (subject to hydrolysis) is 1. The molecule has 6 heteroatoms. The SMILES string of the molecule is CC(C)(C)CCC(=O)[C@@H](CC(=O)NC(c1ccccc1)(c1ccccc1)c1ccccc1)NC(=O)OC(C)(C)C. The van der Waals surface area contributed by atoms with E-state index in [1.807, 2.05) is 91.0 Å². The predicted molar refractivity (Wildman–Crippen MR) is 159 cm³/mol. The second kappa shape index (κ2) is 12.9. The number of amides is 2. The smallest absolute Gasteiger partial charge is 0.408 e. The van der Waals surface area contributed by atoms with E-state index in [-0.39, 0.29) is 29.9 Å². The van der Waals surface area contributed by atoms with Crippen molar-refractivity contribution in [2.24, 2.45) is 5.41 Å². The zero-order valence-corrected chi connectivity index (χ0v) is 24.5. The van der Waals surface area contributed by atoms with Gasteiger partial charge in [0.05, 0.1) is 12.5 Å². The van der Waals surface area contributed by atoms with Gasteiger partial charge >= 0.3 is 6.09 Å². The Morgan fingerprint density at radius 3 is 1.50 bits per heavy atom. The molecule has 3 aromatic carbocycles. The first-order chi connectivity index (χ1) is 18.8. The van der Waals surface area contributed by atoms with Crippen LogP contribution in [0.3, 0.4) is 0 Å². The molecule has 0 radical (unpaired) electrons. The van der Waals surface area contributed by atoms with Crippen molar-refractivity contribution in [3.8, 4) is 0 Å². The van der Waals surface area contributed by atoms with Crippen molar-refractivity contribution < 1.29 is 19.1 Å². The van der Waals surface area contributed by atoms with Crippen LogP contribution in [0.15, 0.2) is 91.0 Å². The summed E-state index contributed by atoms with van der Waals surface area (Å²) >= 11 is 0. The monoisotopic (exact) mass is 542 g/mol. The molecule has 2 amide bonds. The molecule has 3 aromatic rings. The fourth-order valence-electron chi connectivity index (χ4n) is 4.59. The van der Waals surface area contributed by atoms with E-state index in [1.54, 1.807) is 20.8 Å². The van der Waals surface area contributed by atoms with Gasteiger partial charge in [0, 0.05) is 6.42 Å². The van der Waals surface area contributed by atoms with Gasteiger partial charge in [-0.15, -0.1) is 0 Å². The fourth-order valence-corrected chi connectivity index (χ4v) is 4.59. The number of ether oxygens (including phenoxy) is 1. The minimum atomic E-state index is -1.03. The lowest BCUT2D eigenvalue weighted by molar-refractivity contribution is -0.128. The maximum Gasteiger partial charge on any atom is 0.408 e. The third-order valence-corrected chi connectivity index (χ3v) is 6.54. The molecule has 212 valence electrons. The van der Waals surface area contributed by atoms with Crippen molar-refractivity contribution in [1.82, 2.24) is 10.6 Å². The molecule has 1 atom stereocenters. The summed E-state index contributed by atoms with van der Waals surface area (Å²) in [5, 5.41) is 5.95. The van der Waals surface area contributed by atoms with Crippen LogP contribution < -0.4 is 10.6 Å². The summed E-state index contributed by atoms with van der Waals surface area (Å²) in [5.74, 6) is -0.581. The second-order valence-electron chi connectivity index (χ2n) is 12.3. The minimum Gasteiger partial charge on any atom is -0.444 e. The van der Waals surface area contributed by atoms with Crippen molar-refractivity contribution in [3.05, 3.63) is 108 Å². The number of benzene rings is 3. The van der Waals surface area contributed by atoms with Crippen LogP contribution in [-0.2, 0) is 19.9 Å². The molecular formula is C34H42N2O4. The van der Waals surface area contributed by atoms with E-state index in [9.17, 15) is 14.4 Å². The van der Waals surface area contributed by atoms with E-state index in [1.165, 1.54) is 0 Å². The van der Waals surface area contributed by atoms with Crippen LogP contribution in [0.25, 0.3) is 0 Å². The van der Waals surface area contributed by atoms with Gasteiger partial charge in [0.25, 0.3) is 0 Å². The van der Waals surface area contributed by atoms with Gasteiger partial charge in [-0.2, -0.15) is 0 Å². The molecule has 0 aromatic heterocycles. The van der Waals surface area contributed by atoms with Crippen LogP contribution in [0.4, 0.5) is 4.79 Å². The summed E-state index contributed by atoms with van der Waals surface area (Å²) in [7, 11) is 0. The Labute approximate surface area is 238 Å². The number of Topliss-reactive ketones (excluding diaryl/α,β-unsaturated/α-hetero) is 1. The minimum absolute atomic E-state index is 0.0720. The summed E-state index contributed by atoms with van der Waals surface area (Å²) < 4.78 is 5.42. The lowest BCUT2D eigenvalue weighted by Crippen LogP contribution is -2.51. The fraction of sp³-hybridized carbons (Fsp3) is 0.382. The van der Waals surface area contributed by atoms with Crippen molar-refractivity contribution in [2.45, 2.75) is 78.0 Å². The van der Waals surface area contributed by atoms with E-state index in [4.69, 9.17) is 4.74 Å². The molecule has 0 aliphatic heterocycles. The number of rotatable bonds is 10. The van der Waals surface area contributed by atoms with Crippen molar-refractivity contribution in [2.75, 3.05) is 0 Å². The number of hydrogen-bond donors (Lipinski definition) is 2. The van der Waals surface area contributed by atoms with Crippen LogP contribution in [0, 0.1) is 5.41 Å². The normalized spacial score (nSPS) is 12.8. The Kier molecular flexibility index (Phi) is 9.91. The molecule has 0 unspecified atom stereocenters. The maximum atomic E-state index is 13.9. The zero-order chi connectivity index (χ0) is 29.4.